The molecular formula is C16H16O4. The standard InChI is InChI=1S/C16H16O4/c1-10-12(8-13(16(19)20)9-15(17)18)7-6-11-4-2-3-5-14(10)11/h2-7,13H,8-9H2,1H3,(H,17,18)(H,19,20). The number of aryl methyl sites for hydroxylation is 1. The summed E-state index contributed by atoms with van der Waals surface area (Å²) in [4.78, 5) is 21.9. The molecule has 0 saturated heterocycles. The van der Waals surface area contributed by atoms with Gasteiger partial charge in [0.1, 0.15) is 0 Å². The highest BCUT2D eigenvalue weighted by molar-refractivity contribution is 5.87. The highest BCUT2D eigenvalue weighted by Gasteiger charge is 2.22. The Balaban J connectivity index is 2.35. The molecule has 1 atom stereocenters. The van der Waals surface area contributed by atoms with Gasteiger partial charge in [0, 0.05) is 0 Å². The summed E-state index contributed by atoms with van der Waals surface area (Å²) in [5.41, 5.74) is 1.90. The fraction of sp³-hybridized carbons (Fsp3) is 0.250. The van der Waals surface area contributed by atoms with Crippen molar-refractivity contribution < 1.29 is 19.8 Å². The molecule has 0 saturated carbocycles. The Labute approximate surface area is 116 Å². The van der Waals surface area contributed by atoms with Gasteiger partial charge in [-0.2, -0.15) is 0 Å². The smallest absolute Gasteiger partial charge is 0.307 e. The van der Waals surface area contributed by atoms with Gasteiger partial charge in [-0.25, -0.2) is 0 Å². The first kappa shape index (κ1) is 14.1. The summed E-state index contributed by atoms with van der Waals surface area (Å²) < 4.78 is 0. The minimum Gasteiger partial charge on any atom is -0.481 e. The van der Waals surface area contributed by atoms with E-state index < -0.39 is 17.9 Å². The molecule has 0 aliphatic heterocycles. The Bertz CT molecular complexity index is 661. The van der Waals surface area contributed by atoms with Crippen LogP contribution in [-0.4, -0.2) is 22.2 Å². The third-order valence-corrected chi connectivity index (χ3v) is 3.55. The molecule has 0 aliphatic carbocycles. The molecule has 0 spiro atoms. The molecule has 0 heterocycles. The van der Waals surface area contributed by atoms with Crippen molar-refractivity contribution in [2.24, 2.45) is 5.92 Å². The molecule has 0 radical (unpaired) electrons. The fourth-order valence-corrected chi connectivity index (χ4v) is 2.42. The van der Waals surface area contributed by atoms with Crippen LogP contribution in [0.25, 0.3) is 10.8 Å². The lowest BCUT2D eigenvalue weighted by Gasteiger charge is -2.13. The largest absolute Gasteiger partial charge is 0.481 e. The summed E-state index contributed by atoms with van der Waals surface area (Å²) in [5.74, 6) is -3.05. The summed E-state index contributed by atoms with van der Waals surface area (Å²) in [6.45, 7) is 1.94. The zero-order valence-corrected chi connectivity index (χ0v) is 11.2. The molecule has 0 fully saturated rings. The maximum Gasteiger partial charge on any atom is 0.307 e. The molecule has 0 amide bonds. The molecule has 2 aromatic rings. The average Bonchev–Trinajstić information content (AvgIpc) is 2.40. The quantitative estimate of drug-likeness (QED) is 0.877. The highest BCUT2D eigenvalue weighted by atomic mass is 16.4. The van der Waals surface area contributed by atoms with E-state index in [2.05, 4.69) is 0 Å². The summed E-state index contributed by atoms with van der Waals surface area (Å²) in [6.07, 6.45) is -0.125. The van der Waals surface area contributed by atoms with Gasteiger partial charge in [-0.3, -0.25) is 9.59 Å². The Morgan fingerprint density at radius 2 is 1.80 bits per heavy atom. The molecule has 2 rings (SSSR count). The van der Waals surface area contributed by atoms with Crippen LogP contribution in [0, 0.1) is 12.8 Å². The number of fused-ring (bicyclic) bond motifs is 1. The lowest BCUT2D eigenvalue weighted by Crippen LogP contribution is -2.20. The van der Waals surface area contributed by atoms with Crippen molar-refractivity contribution >= 4 is 22.7 Å². The molecule has 4 heteroatoms. The van der Waals surface area contributed by atoms with E-state index in [1.54, 1.807) is 0 Å². The second-order valence-corrected chi connectivity index (χ2v) is 4.91. The predicted octanol–water partition coefficient (Wildman–Crippen LogP) is 2.87. The van der Waals surface area contributed by atoms with Crippen molar-refractivity contribution in [3.05, 3.63) is 47.5 Å². The first-order valence-electron chi connectivity index (χ1n) is 6.41. The Hall–Kier alpha value is -2.36. The number of carbonyl (C=O) groups is 2. The van der Waals surface area contributed by atoms with E-state index in [1.165, 1.54) is 0 Å². The van der Waals surface area contributed by atoms with E-state index in [0.29, 0.717) is 0 Å². The number of hydrogen-bond acceptors (Lipinski definition) is 2. The van der Waals surface area contributed by atoms with Crippen molar-refractivity contribution in [1.82, 2.24) is 0 Å². The number of rotatable bonds is 5. The van der Waals surface area contributed by atoms with E-state index >= 15 is 0 Å². The van der Waals surface area contributed by atoms with Crippen LogP contribution in [0.3, 0.4) is 0 Å². The second kappa shape index (κ2) is 5.74. The van der Waals surface area contributed by atoms with E-state index in [9.17, 15) is 9.59 Å². The van der Waals surface area contributed by atoms with Gasteiger partial charge in [0.05, 0.1) is 12.3 Å². The van der Waals surface area contributed by atoms with E-state index in [-0.39, 0.29) is 12.8 Å². The number of benzene rings is 2. The third kappa shape index (κ3) is 2.96. The lowest BCUT2D eigenvalue weighted by atomic mass is 9.91. The van der Waals surface area contributed by atoms with Gasteiger partial charge < -0.3 is 10.2 Å². The van der Waals surface area contributed by atoms with Gasteiger partial charge in [0.25, 0.3) is 0 Å². The van der Waals surface area contributed by atoms with Gasteiger partial charge >= 0.3 is 11.9 Å². The molecular weight excluding hydrogens is 256 g/mol. The number of carboxylic acid groups (broad SMARTS) is 2. The first-order valence-corrected chi connectivity index (χ1v) is 6.41. The van der Waals surface area contributed by atoms with Crippen molar-refractivity contribution in [3.8, 4) is 0 Å². The van der Waals surface area contributed by atoms with Crippen molar-refractivity contribution in [1.29, 1.82) is 0 Å². The van der Waals surface area contributed by atoms with E-state index in [0.717, 1.165) is 21.9 Å². The molecule has 0 bridgehead atoms. The Morgan fingerprint density at radius 3 is 2.45 bits per heavy atom. The summed E-state index contributed by atoms with van der Waals surface area (Å²) >= 11 is 0. The summed E-state index contributed by atoms with van der Waals surface area (Å²) in [7, 11) is 0. The van der Waals surface area contributed by atoms with E-state index in [1.807, 2.05) is 43.3 Å². The maximum atomic E-state index is 11.2. The fourth-order valence-electron chi connectivity index (χ4n) is 2.42. The topological polar surface area (TPSA) is 74.6 Å². The zero-order valence-electron chi connectivity index (χ0n) is 11.2. The number of hydrogen-bond donors (Lipinski definition) is 2. The van der Waals surface area contributed by atoms with Gasteiger partial charge in [0.15, 0.2) is 0 Å². The van der Waals surface area contributed by atoms with Crippen LogP contribution in [0.2, 0.25) is 0 Å². The zero-order chi connectivity index (χ0) is 14.7. The predicted molar refractivity (Wildman–Crippen MR) is 75.8 cm³/mol. The van der Waals surface area contributed by atoms with Crippen molar-refractivity contribution in [3.63, 3.8) is 0 Å². The van der Waals surface area contributed by atoms with Crippen LogP contribution >= 0.6 is 0 Å². The summed E-state index contributed by atoms with van der Waals surface area (Å²) in [6, 6.07) is 11.7. The minimum absolute atomic E-state index is 0.234. The van der Waals surface area contributed by atoms with Crippen LogP contribution in [0.1, 0.15) is 17.5 Å². The molecule has 1 unspecified atom stereocenters. The van der Waals surface area contributed by atoms with Crippen molar-refractivity contribution in [2.75, 3.05) is 0 Å². The van der Waals surface area contributed by atoms with Crippen molar-refractivity contribution in [2.45, 2.75) is 19.8 Å². The van der Waals surface area contributed by atoms with Crippen LogP contribution in [-0.2, 0) is 16.0 Å². The first-order chi connectivity index (χ1) is 9.49. The average molecular weight is 272 g/mol. The highest BCUT2D eigenvalue weighted by Crippen LogP contribution is 2.24. The molecule has 2 N–H and O–H groups in total. The van der Waals surface area contributed by atoms with Gasteiger partial charge in [0.2, 0.25) is 0 Å². The minimum atomic E-state index is -1.09. The maximum absolute atomic E-state index is 11.2. The monoisotopic (exact) mass is 272 g/mol. The van der Waals surface area contributed by atoms with E-state index in [4.69, 9.17) is 10.2 Å². The van der Waals surface area contributed by atoms with Crippen LogP contribution < -0.4 is 0 Å². The number of aliphatic carboxylic acids is 2. The van der Waals surface area contributed by atoms with Crippen LogP contribution in [0.15, 0.2) is 36.4 Å². The van der Waals surface area contributed by atoms with Crippen LogP contribution in [0.4, 0.5) is 0 Å². The lowest BCUT2D eigenvalue weighted by molar-refractivity contribution is -0.148. The SMILES string of the molecule is Cc1c(CC(CC(=O)O)C(=O)O)ccc2ccccc12. The third-order valence-electron chi connectivity index (χ3n) is 3.55. The molecule has 2 aromatic carbocycles. The van der Waals surface area contributed by atoms with Gasteiger partial charge in [-0.1, -0.05) is 36.4 Å². The second-order valence-electron chi connectivity index (χ2n) is 4.91. The van der Waals surface area contributed by atoms with Gasteiger partial charge in [-0.15, -0.1) is 0 Å². The Morgan fingerprint density at radius 1 is 1.10 bits per heavy atom. The molecule has 4 nitrogen and oxygen atoms in total. The van der Waals surface area contributed by atoms with Gasteiger partial charge in [-0.05, 0) is 35.2 Å². The molecule has 0 aliphatic rings. The summed E-state index contributed by atoms with van der Waals surface area (Å²) in [5, 5.41) is 20.1. The molecule has 20 heavy (non-hydrogen) atoms. The molecule has 0 aromatic heterocycles. The molecule has 104 valence electrons. The van der Waals surface area contributed by atoms with Crippen LogP contribution in [0.5, 0.6) is 0 Å². The Kier molecular flexibility index (Phi) is 4.03. The normalized spacial score (nSPS) is 12.2. The number of carboxylic acids is 2.